The van der Waals surface area contributed by atoms with E-state index in [2.05, 4.69) is 16.0 Å². The molecule has 1 amide bonds. The van der Waals surface area contributed by atoms with Gasteiger partial charge in [0.2, 0.25) is 13.8 Å². The average Bonchev–Trinajstić information content (AvgIpc) is 3.07. The van der Waals surface area contributed by atoms with Crippen molar-refractivity contribution >= 4 is 73.8 Å². The fraction of sp³-hybridized carbons (Fsp3) is 0.143. The highest BCUT2D eigenvalue weighted by molar-refractivity contribution is 7.89. The molecule has 0 saturated heterocycles. The number of primary sulfonamides is 1. The lowest BCUT2D eigenvalue weighted by molar-refractivity contribution is 0.0906. The van der Waals surface area contributed by atoms with Gasteiger partial charge in [-0.1, -0.05) is 34.8 Å². The minimum absolute atomic E-state index is 0.00873. The molecular formula is C14H13Cl3N4O4S2. The molecule has 1 unspecified atom stereocenters. The van der Waals surface area contributed by atoms with E-state index in [9.17, 15) is 13.2 Å². The predicted molar refractivity (Wildman–Crippen MR) is 107 cm³/mol. The van der Waals surface area contributed by atoms with E-state index in [1.807, 2.05) is 0 Å². The Balaban J connectivity index is 2.04. The monoisotopic (exact) mass is 470 g/mol. The first-order chi connectivity index (χ1) is 12.5. The summed E-state index contributed by atoms with van der Waals surface area (Å²) in [5.74, 6) is -0.599. The van der Waals surface area contributed by atoms with Gasteiger partial charge < -0.3 is 20.4 Å². The van der Waals surface area contributed by atoms with Crippen LogP contribution in [0, 0.1) is 0 Å². The molecule has 2 aromatic rings. The Bertz CT molecular complexity index is 913. The molecule has 5 N–H and O–H groups in total. The van der Waals surface area contributed by atoms with Crippen LogP contribution in [0.15, 0.2) is 52.0 Å². The Labute approximate surface area is 175 Å². The number of alkyl halides is 3. The van der Waals surface area contributed by atoms with Gasteiger partial charge in [0, 0.05) is 5.69 Å². The zero-order chi connectivity index (χ0) is 20.2. The Morgan fingerprint density at radius 3 is 2.26 bits per heavy atom. The van der Waals surface area contributed by atoms with Gasteiger partial charge in [0.25, 0.3) is 5.91 Å². The molecule has 1 aromatic carbocycles. The molecule has 0 aliphatic carbocycles. The summed E-state index contributed by atoms with van der Waals surface area (Å²) < 4.78 is 25.5. The zero-order valence-electron chi connectivity index (χ0n) is 13.3. The third kappa shape index (κ3) is 6.52. The lowest BCUT2D eigenvalue weighted by atomic mass is 10.3. The maximum Gasteiger partial charge on any atom is 0.288 e. The van der Waals surface area contributed by atoms with Gasteiger partial charge >= 0.3 is 0 Å². The lowest BCUT2D eigenvalue weighted by Gasteiger charge is -2.27. The summed E-state index contributed by atoms with van der Waals surface area (Å²) >= 11 is 22.8. The van der Waals surface area contributed by atoms with Crippen LogP contribution >= 0.6 is 47.0 Å². The number of carbonyl (C=O) groups is 1. The van der Waals surface area contributed by atoms with E-state index in [0.29, 0.717) is 5.69 Å². The summed E-state index contributed by atoms with van der Waals surface area (Å²) in [7, 11) is -3.81. The van der Waals surface area contributed by atoms with Crippen LogP contribution in [0.5, 0.6) is 0 Å². The van der Waals surface area contributed by atoms with Crippen LogP contribution in [0.3, 0.4) is 0 Å². The molecule has 0 aliphatic rings. The van der Waals surface area contributed by atoms with Gasteiger partial charge in [-0.2, -0.15) is 0 Å². The van der Waals surface area contributed by atoms with Crippen LogP contribution in [0.2, 0.25) is 0 Å². The van der Waals surface area contributed by atoms with E-state index in [0.717, 1.165) is 0 Å². The number of halogens is 3. The molecule has 0 saturated carbocycles. The fourth-order valence-corrected chi connectivity index (χ4v) is 2.91. The van der Waals surface area contributed by atoms with E-state index in [1.54, 1.807) is 0 Å². The van der Waals surface area contributed by atoms with Crippen LogP contribution in [-0.2, 0) is 10.0 Å². The number of nitrogens with two attached hydrogens (primary N) is 1. The molecule has 1 aromatic heterocycles. The van der Waals surface area contributed by atoms with Crippen molar-refractivity contribution in [3.8, 4) is 0 Å². The Kier molecular flexibility index (Phi) is 6.95. The smallest absolute Gasteiger partial charge is 0.288 e. The van der Waals surface area contributed by atoms with Crippen LogP contribution in [0.1, 0.15) is 10.6 Å². The maximum absolute atomic E-state index is 12.1. The quantitative estimate of drug-likeness (QED) is 0.299. The summed E-state index contributed by atoms with van der Waals surface area (Å²) in [6, 6.07) is 8.45. The number of benzene rings is 1. The first-order valence-corrected chi connectivity index (χ1v) is 10.2. The summed E-state index contributed by atoms with van der Waals surface area (Å²) in [4.78, 5) is 12.0. The first-order valence-electron chi connectivity index (χ1n) is 7.08. The topological polar surface area (TPSA) is 126 Å². The molecule has 0 bridgehead atoms. The number of hydrogen-bond acceptors (Lipinski definition) is 5. The molecule has 0 aliphatic heterocycles. The average molecular weight is 472 g/mol. The Hall–Kier alpha value is -1.56. The normalized spacial score (nSPS) is 12.9. The van der Waals surface area contributed by atoms with Crippen LogP contribution < -0.4 is 21.1 Å². The van der Waals surface area contributed by atoms with Crippen LogP contribution in [0.4, 0.5) is 5.69 Å². The minimum atomic E-state index is -3.81. The number of hydrogen-bond donors (Lipinski definition) is 4. The Morgan fingerprint density at radius 2 is 1.78 bits per heavy atom. The molecule has 0 spiro atoms. The second-order valence-electron chi connectivity index (χ2n) is 5.09. The van der Waals surface area contributed by atoms with Gasteiger partial charge in [-0.3, -0.25) is 4.79 Å². The van der Waals surface area contributed by atoms with Gasteiger partial charge in [-0.15, -0.1) is 0 Å². The van der Waals surface area contributed by atoms with Crippen molar-refractivity contribution in [2.45, 2.75) is 14.9 Å². The number of furan rings is 1. The lowest BCUT2D eigenvalue weighted by Crippen LogP contribution is -2.56. The fourth-order valence-electron chi connectivity index (χ4n) is 1.84. The highest BCUT2D eigenvalue weighted by Gasteiger charge is 2.35. The van der Waals surface area contributed by atoms with Crippen molar-refractivity contribution in [3.05, 3.63) is 48.4 Å². The second kappa shape index (κ2) is 8.63. The second-order valence-corrected chi connectivity index (χ2v) is 9.43. The van der Waals surface area contributed by atoms with Crippen molar-refractivity contribution < 1.29 is 17.6 Å². The van der Waals surface area contributed by atoms with E-state index in [4.69, 9.17) is 56.6 Å². The third-order valence-electron chi connectivity index (χ3n) is 3.06. The number of sulfonamides is 1. The van der Waals surface area contributed by atoms with Gasteiger partial charge in [-0.05, 0) is 48.6 Å². The third-order valence-corrected chi connectivity index (χ3v) is 4.87. The van der Waals surface area contributed by atoms with E-state index >= 15 is 0 Å². The summed E-state index contributed by atoms with van der Waals surface area (Å²) in [5.41, 5.74) is 0.445. The minimum Gasteiger partial charge on any atom is -0.459 e. The van der Waals surface area contributed by atoms with E-state index < -0.39 is 25.9 Å². The standard InChI is InChI=1S/C14H13Cl3N4O4S2/c15-14(16,17)12(20-11(22)10-2-1-7-25-10)21-13(26)19-8-3-5-9(6-4-8)27(18,23)24/h1-7,12H,(H,20,22)(H2,18,23,24)(H2,19,21,26). The number of anilines is 1. The van der Waals surface area contributed by atoms with Gasteiger partial charge in [0.1, 0.15) is 6.17 Å². The van der Waals surface area contributed by atoms with Crippen molar-refractivity contribution in [3.63, 3.8) is 0 Å². The molecular weight excluding hydrogens is 459 g/mol. The van der Waals surface area contributed by atoms with Crippen molar-refractivity contribution in [2.75, 3.05) is 5.32 Å². The number of nitrogens with one attached hydrogen (secondary N) is 3. The number of amides is 1. The van der Waals surface area contributed by atoms with Crippen molar-refractivity contribution in [2.24, 2.45) is 5.14 Å². The van der Waals surface area contributed by atoms with Gasteiger partial charge in [-0.25, -0.2) is 13.6 Å². The maximum atomic E-state index is 12.1. The first kappa shape index (κ1) is 21.7. The number of carbonyl (C=O) groups excluding carboxylic acids is 1. The molecule has 0 radical (unpaired) electrons. The molecule has 146 valence electrons. The highest BCUT2D eigenvalue weighted by Crippen LogP contribution is 2.29. The number of rotatable bonds is 5. The SMILES string of the molecule is NS(=O)(=O)c1ccc(NC(=S)NC(NC(=O)c2ccco2)C(Cl)(Cl)Cl)cc1. The van der Waals surface area contributed by atoms with E-state index in [1.165, 1.54) is 42.7 Å². The molecule has 0 fully saturated rings. The van der Waals surface area contributed by atoms with Gasteiger partial charge in [0.05, 0.1) is 11.2 Å². The molecule has 13 heteroatoms. The summed E-state index contributed by atoms with van der Waals surface area (Å²) in [6.07, 6.45) is 0.133. The number of thiocarbonyl (C=S) groups is 1. The molecule has 27 heavy (non-hydrogen) atoms. The van der Waals surface area contributed by atoms with Crippen molar-refractivity contribution in [1.29, 1.82) is 0 Å². The van der Waals surface area contributed by atoms with Crippen LogP contribution in [-0.4, -0.2) is 29.4 Å². The van der Waals surface area contributed by atoms with E-state index in [-0.39, 0.29) is 15.8 Å². The molecule has 8 nitrogen and oxygen atoms in total. The predicted octanol–water partition coefficient (Wildman–Crippen LogP) is 2.34. The van der Waals surface area contributed by atoms with Gasteiger partial charge in [0.15, 0.2) is 10.9 Å². The summed E-state index contributed by atoms with van der Waals surface area (Å²) in [5, 5.41) is 12.9. The molecule has 1 atom stereocenters. The molecule has 2 rings (SSSR count). The summed E-state index contributed by atoms with van der Waals surface area (Å²) in [6.45, 7) is 0. The van der Waals surface area contributed by atoms with Crippen LogP contribution in [0.25, 0.3) is 0 Å². The van der Waals surface area contributed by atoms with Crippen molar-refractivity contribution in [1.82, 2.24) is 10.6 Å². The Morgan fingerprint density at radius 1 is 1.15 bits per heavy atom. The highest BCUT2D eigenvalue weighted by atomic mass is 35.6. The molecule has 1 heterocycles. The largest absolute Gasteiger partial charge is 0.459 e. The zero-order valence-corrected chi connectivity index (χ0v) is 17.2.